The van der Waals surface area contributed by atoms with Gasteiger partial charge in [0.15, 0.2) is 0 Å². The summed E-state index contributed by atoms with van der Waals surface area (Å²) in [5.74, 6) is -1.81. The zero-order valence-corrected chi connectivity index (χ0v) is 24.0. The van der Waals surface area contributed by atoms with E-state index < -0.39 is 22.8 Å². The molecule has 12 nitrogen and oxygen atoms in total. The lowest BCUT2D eigenvalue weighted by molar-refractivity contribution is -0.385. The second-order valence-electron chi connectivity index (χ2n) is 9.56. The van der Waals surface area contributed by atoms with Gasteiger partial charge in [-0.2, -0.15) is 0 Å². The van der Waals surface area contributed by atoms with Crippen LogP contribution in [0.1, 0.15) is 63.6 Å². The number of nitro groups is 1. The minimum atomic E-state index is -1.05. The molecule has 0 spiro atoms. The largest absolute Gasteiger partial charge is 0.477 e. The van der Waals surface area contributed by atoms with Crippen molar-refractivity contribution in [3.8, 4) is 5.88 Å². The number of esters is 2. The zero-order chi connectivity index (χ0) is 29.8. The number of aromatic amines is 1. The number of nitrogens with zero attached hydrogens (tertiary/aromatic N) is 2. The average molecular weight is 571 g/mol. The third-order valence-corrected chi connectivity index (χ3v) is 6.68. The Morgan fingerprint density at radius 1 is 0.951 bits per heavy atom. The summed E-state index contributed by atoms with van der Waals surface area (Å²) in [5, 5.41) is 22.0. The van der Waals surface area contributed by atoms with Crippen molar-refractivity contribution in [2.75, 3.05) is 33.5 Å². The van der Waals surface area contributed by atoms with Gasteiger partial charge in [-0.1, -0.05) is 25.1 Å². The van der Waals surface area contributed by atoms with Crippen molar-refractivity contribution in [3.63, 3.8) is 0 Å². The first-order chi connectivity index (χ1) is 19.8. The molecular formula is C29H38N4O8. The highest BCUT2D eigenvalue weighted by Gasteiger charge is 2.40. The molecule has 1 unspecified atom stereocenters. The summed E-state index contributed by atoms with van der Waals surface area (Å²) in [6.45, 7) is 6.25. The number of carbonyl (C=O) groups excluding carboxylic acids is 2. The van der Waals surface area contributed by atoms with E-state index in [1.165, 1.54) is 19.2 Å². The number of H-pyrrole nitrogens is 1. The molecule has 1 aromatic carbocycles. The Balaban J connectivity index is 1.66. The topological polar surface area (TPSA) is 155 Å². The monoisotopic (exact) mass is 570 g/mol. The average Bonchev–Trinajstić information content (AvgIpc) is 3.42. The summed E-state index contributed by atoms with van der Waals surface area (Å²) in [6, 6.07) is 7.93. The first kappa shape index (κ1) is 31.3. The van der Waals surface area contributed by atoms with Crippen molar-refractivity contribution in [2.45, 2.75) is 58.8 Å². The zero-order valence-electron chi connectivity index (χ0n) is 24.0. The van der Waals surface area contributed by atoms with Gasteiger partial charge >= 0.3 is 11.9 Å². The number of rotatable bonds is 16. The van der Waals surface area contributed by atoms with Gasteiger partial charge in [0.05, 0.1) is 41.8 Å². The van der Waals surface area contributed by atoms with Gasteiger partial charge in [-0.25, -0.2) is 9.59 Å². The number of aryl methyl sites for hydroxylation is 1. The molecule has 0 saturated heterocycles. The lowest BCUT2D eigenvalue weighted by Gasteiger charge is -2.30. The molecule has 3 rings (SSSR count). The molecule has 2 N–H and O–H groups in total. The Morgan fingerprint density at radius 3 is 2.20 bits per heavy atom. The maximum absolute atomic E-state index is 13.4. The van der Waals surface area contributed by atoms with Gasteiger partial charge in [-0.3, -0.25) is 15.2 Å². The second kappa shape index (κ2) is 15.6. The Kier molecular flexibility index (Phi) is 11.9. The highest BCUT2D eigenvalue weighted by Crippen LogP contribution is 2.42. The lowest BCUT2D eigenvalue weighted by Crippen LogP contribution is -2.33. The maximum Gasteiger partial charge on any atom is 0.336 e. The van der Waals surface area contributed by atoms with Gasteiger partial charge in [0, 0.05) is 41.9 Å². The number of aromatic nitrogens is 2. The fourth-order valence-electron chi connectivity index (χ4n) is 4.61. The van der Waals surface area contributed by atoms with Gasteiger partial charge in [-0.15, -0.1) is 5.10 Å². The van der Waals surface area contributed by atoms with Gasteiger partial charge < -0.3 is 24.3 Å². The maximum atomic E-state index is 13.4. The number of nitro benzene ring substituents is 1. The number of dihydropyridines is 1. The van der Waals surface area contributed by atoms with E-state index in [2.05, 4.69) is 15.5 Å². The molecule has 0 radical (unpaired) electrons. The van der Waals surface area contributed by atoms with Crippen LogP contribution in [0.15, 0.2) is 52.9 Å². The van der Waals surface area contributed by atoms with E-state index in [0.29, 0.717) is 30.3 Å². The summed E-state index contributed by atoms with van der Waals surface area (Å²) < 4.78 is 21.6. The minimum absolute atomic E-state index is 0.00922. The first-order valence-corrected chi connectivity index (χ1v) is 13.7. The SMILES string of the molecule is CCc1cc(OCCCCCCOC(=O)C2=C(C)NC(C)=C(C(=O)OCCOC)C2c2ccccc2[N+](=O)[O-])n[nH]1. The van der Waals surface area contributed by atoms with Gasteiger partial charge in [0.25, 0.3) is 5.69 Å². The molecule has 2 heterocycles. The Labute approximate surface area is 239 Å². The third-order valence-electron chi connectivity index (χ3n) is 6.68. The Bertz CT molecular complexity index is 1280. The number of para-hydroxylation sites is 1. The number of benzene rings is 1. The molecule has 1 atom stereocenters. The van der Waals surface area contributed by atoms with Gasteiger partial charge in [0.2, 0.25) is 5.88 Å². The number of allylic oxidation sites excluding steroid dienone is 2. The predicted molar refractivity (Wildman–Crippen MR) is 150 cm³/mol. The number of methoxy groups -OCH3 is 1. The van der Waals surface area contributed by atoms with Crippen LogP contribution in [0.3, 0.4) is 0 Å². The smallest absolute Gasteiger partial charge is 0.336 e. The molecule has 0 amide bonds. The number of carbonyl (C=O) groups is 2. The molecule has 0 bridgehead atoms. The molecule has 12 heteroatoms. The molecule has 1 aromatic heterocycles. The minimum Gasteiger partial charge on any atom is -0.477 e. The fourth-order valence-corrected chi connectivity index (χ4v) is 4.61. The van der Waals surface area contributed by atoms with Crippen LogP contribution in [0.4, 0.5) is 5.69 Å². The van der Waals surface area contributed by atoms with Gasteiger partial charge in [0.1, 0.15) is 6.61 Å². The van der Waals surface area contributed by atoms with Crippen LogP contribution < -0.4 is 10.1 Å². The number of hydrogen-bond acceptors (Lipinski definition) is 10. The van der Waals surface area contributed by atoms with Crippen molar-refractivity contribution in [1.82, 2.24) is 15.5 Å². The first-order valence-electron chi connectivity index (χ1n) is 13.7. The van der Waals surface area contributed by atoms with E-state index >= 15 is 0 Å². The number of ether oxygens (including phenoxy) is 4. The molecule has 1 aliphatic rings. The van der Waals surface area contributed by atoms with E-state index in [-0.39, 0.29) is 42.2 Å². The van der Waals surface area contributed by atoms with Crippen LogP contribution in [0.5, 0.6) is 5.88 Å². The fraction of sp³-hybridized carbons (Fsp3) is 0.483. The standard InChI is InChI=1S/C29H38N4O8/c1-5-21-18-24(32-31-21)39-14-10-6-7-11-15-40-28(34)25-19(2)30-20(3)26(29(35)41-17-16-38-4)27(25)22-12-8-9-13-23(22)33(36)37/h8-9,12-13,18,27,30H,5-7,10-11,14-17H2,1-4H3,(H,31,32). The van der Waals surface area contributed by atoms with E-state index in [0.717, 1.165) is 31.4 Å². The highest BCUT2D eigenvalue weighted by atomic mass is 16.6. The van der Waals surface area contributed by atoms with Crippen molar-refractivity contribution in [3.05, 3.63) is 74.2 Å². The van der Waals surface area contributed by atoms with E-state index in [1.807, 2.05) is 13.0 Å². The Hall–Kier alpha value is -4.19. The third kappa shape index (κ3) is 8.40. The molecule has 222 valence electrons. The normalized spacial score (nSPS) is 15.0. The number of hydrogen-bond donors (Lipinski definition) is 2. The quantitative estimate of drug-likeness (QED) is 0.128. The molecule has 0 saturated carbocycles. The number of unbranched alkanes of at least 4 members (excludes halogenated alkanes) is 3. The predicted octanol–water partition coefficient (Wildman–Crippen LogP) is 4.49. The van der Waals surface area contributed by atoms with Crippen LogP contribution in [0, 0.1) is 10.1 Å². The summed E-state index contributed by atoms with van der Waals surface area (Å²) in [7, 11) is 1.48. The van der Waals surface area contributed by atoms with Crippen LogP contribution in [-0.2, 0) is 30.2 Å². The molecule has 0 aliphatic carbocycles. The molecule has 1 aliphatic heterocycles. The van der Waals surface area contributed by atoms with E-state index in [4.69, 9.17) is 18.9 Å². The summed E-state index contributed by atoms with van der Waals surface area (Å²) in [5.41, 5.74) is 2.13. The van der Waals surface area contributed by atoms with E-state index in [9.17, 15) is 19.7 Å². The number of nitrogens with one attached hydrogen (secondary N) is 2. The van der Waals surface area contributed by atoms with Crippen LogP contribution in [0.2, 0.25) is 0 Å². The van der Waals surface area contributed by atoms with Crippen molar-refractivity contribution < 1.29 is 33.5 Å². The highest BCUT2D eigenvalue weighted by molar-refractivity contribution is 6.00. The van der Waals surface area contributed by atoms with Crippen molar-refractivity contribution in [1.29, 1.82) is 0 Å². The summed E-state index contributed by atoms with van der Waals surface area (Å²) in [6.07, 6.45) is 4.02. The summed E-state index contributed by atoms with van der Waals surface area (Å²) >= 11 is 0. The molecular weight excluding hydrogens is 532 g/mol. The Morgan fingerprint density at radius 2 is 1.59 bits per heavy atom. The van der Waals surface area contributed by atoms with Crippen LogP contribution in [0.25, 0.3) is 0 Å². The van der Waals surface area contributed by atoms with Crippen molar-refractivity contribution in [2.24, 2.45) is 0 Å². The second-order valence-corrected chi connectivity index (χ2v) is 9.56. The van der Waals surface area contributed by atoms with Crippen LogP contribution >= 0.6 is 0 Å². The van der Waals surface area contributed by atoms with Crippen molar-refractivity contribution >= 4 is 17.6 Å². The molecule has 2 aromatic rings. The van der Waals surface area contributed by atoms with Gasteiger partial charge in [-0.05, 0) is 46.0 Å². The summed E-state index contributed by atoms with van der Waals surface area (Å²) in [4.78, 5) is 38.0. The van der Waals surface area contributed by atoms with Crippen LogP contribution in [-0.4, -0.2) is 60.6 Å². The van der Waals surface area contributed by atoms with E-state index in [1.54, 1.807) is 26.0 Å². The lowest BCUT2D eigenvalue weighted by atomic mass is 9.79. The molecule has 0 fully saturated rings. The molecule has 41 heavy (non-hydrogen) atoms.